The van der Waals surface area contributed by atoms with Crippen LogP contribution in [0.2, 0.25) is 0 Å². The van der Waals surface area contributed by atoms with Crippen LogP contribution in [-0.4, -0.2) is 31.9 Å². The number of nitrogens with one attached hydrogen (secondary N) is 1. The molecule has 1 N–H and O–H groups in total. The van der Waals surface area contributed by atoms with Crippen LogP contribution in [0.5, 0.6) is 0 Å². The van der Waals surface area contributed by atoms with Gasteiger partial charge in [0.2, 0.25) is 0 Å². The maximum Gasteiger partial charge on any atom is 0.121 e. The van der Waals surface area contributed by atoms with E-state index in [4.69, 9.17) is 9.97 Å². The van der Waals surface area contributed by atoms with Gasteiger partial charge in [-0.2, -0.15) is 0 Å². The first-order valence-electron chi connectivity index (χ1n) is 12.8. The number of pyridine rings is 2. The number of hydrogen-bond donors (Lipinski definition) is 1. The maximum absolute atomic E-state index is 5.06. The summed E-state index contributed by atoms with van der Waals surface area (Å²) in [5.74, 6) is 0.907. The predicted molar refractivity (Wildman–Crippen MR) is 154 cm³/mol. The molecule has 0 saturated carbocycles. The zero-order valence-corrected chi connectivity index (χ0v) is 21.6. The van der Waals surface area contributed by atoms with Crippen LogP contribution in [0.25, 0.3) is 44.7 Å². The third-order valence-corrected chi connectivity index (χ3v) is 6.74. The molecule has 5 nitrogen and oxygen atoms in total. The van der Waals surface area contributed by atoms with Gasteiger partial charge in [-0.3, -0.25) is 14.9 Å². The van der Waals surface area contributed by atoms with Crippen LogP contribution in [-0.2, 0) is 13.1 Å². The lowest BCUT2D eigenvalue weighted by Crippen LogP contribution is -2.18. The lowest BCUT2D eigenvalue weighted by atomic mass is 9.99. The lowest BCUT2D eigenvalue weighted by molar-refractivity contribution is 0.312. The molecule has 0 aliphatic heterocycles. The van der Waals surface area contributed by atoms with Gasteiger partial charge in [-0.1, -0.05) is 72.8 Å². The highest BCUT2D eigenvalue weighted by Crippen LogP contribution is 2.32. The molecule has 3 aromatic carbocycles. The third kappa shape index (κ3) is 4.97. The zero-order valence-electron chi connectivity index (χ0n) is 21.6. The largest absolute Gasteiger partial charge is 0.340 e. The first-order chi connectivity index (χ1) is 18.6. The Kier molecular flexibility index (Phi) is 6.51. The summed E-state index contributed by atoms with van der Waals surface area (Å²) in [6, 6.07) is 35.6. The summed E-state index contributed by atoms with van der Waals surface area (Å²) in [6.07, 6.45) is 1.82. The van der Waals surface area contributed by atoms with Crippen molar-refractivity contribution in [1.29, 1.82) is 0 Å². The molecule has 5 heteroatoms. The molecule has 0 radical (unpaired) electrons. The molecule has 0 bridgehead atoms. The van der Waals surface area contributed by atoms with E-state index in [2.05, 4.69) is 101 Å². The van der Waals surface area contributed by atoms with E-state index in [9.17, 15) is 0 Å². The molecule has 0 saturated heterocycles. The van der Waals surface area contributed by atoms with Crippen LogP contribution in [0.15, 0.2) is 109 Å². The number of aryl methyl sites for hydroxylation is 1. The van der Waals surface area contributed by atoms with Gasteiger partial charge in [0.05, 0.1) is 23.4 Å². The van der Waals surface area contributed by atoms with Crippen molar-refractivity contribution in [1.82, 2.24) is 24.8 Å². The van der Waals surface area contributed by atoms with Crippen molar-refractivity contribution in [2.75, 3.05) is 7.05 Å². The number of benzene rings is 3. The van der Waals surface area contributed by atoms with E-state index < -0.39 is 0 Å². The summed E-state index contributed by atoms with van der Waals surface area (Å²) in [5.41, 5.74) is 9.50. The van der Waals surface area contributed by atoms with Gasteiger partial charge in [-0.25, -0.2) is 4.98 Å². The molecular weight excluding hydrogens is 466 g/mol. The number of aromatic amines is 1. The molecule has 0 aliphatic rings. The smallest absolute Gasteiger partial charge is 0.121 e. The molecule has 0 aliphatic carbocycles. The van der Waals surface area contributed by atoms with E-state index in [1.165, 1.54) is 16.7 Å². The van der Waals surface area contributed by atoms with Crippen molar-refractivity contribution < 1.29 is 0 Å². The number of aromatic nitrogens is 4. The zero-order chi connectivity index (χ0) is 25.9. The monoisotopic (exact) mass is 495 g/mol. The van der Waals surface area contributed by atoms with Crippen molar-refractivity contribution in [3.8, 4) is 33.8 Å². The quantitative estimate of drug-likeness (QED) is 0.253. The van der Waals surface area contributed by atoms with Crippen LogP contribution >= 0.6 is 0 Å². The fourth-order valence-electron chi connectivity index (χ4n) is 4.96. The van der Waals surface area contributed by atoms with Gasteiger partial charge in [-0.15, -0.1) is 0 Å². The van der Waals surface area contributed by atoms with Crippen molar-refractivity contribution in [3.05, 3.63) is 126 Å². The van der Waals surface area contributed by atoms with Crippen LogP contribution in [0, 0.1) is 6.92 Å². The van der Waals surface area contributed by atoms with Crippen LogP contribution in [0.3, 0.4) is 0 Å². The SMILES string of the molecule is Cc1cccc(-c2nc(CN(C)Cc3ccccc3-c3ccccc3)[nH]c2-c2ccc3ncccc3c2)n1. The Morgan fingerprint density at radius 3 is 2.45 bits per heavy atom. The van der Waals surface area contributed by atoms with Gasteiger partial charge >= 0.3 is 0 Å². The minimum absolute atomic E-state index is 0.678. The summed E-state index contributed by atoms with van der Waals surface area (Å²) >= 11 is 0. The molecule has 38 heavy (non-hydrogen) atoms. The van der Waals surface area contributed by atoms with E-state index in [-0.39, 0.29) is 0 Å². The minimum Gasteiger partial charge on any atom is -0.340 e. The van der Waals surface area contributed by atoms with Crippen LogP contribution < -0.4 is 0 Å². The van der Waals surface area contributed by atoms with E-state index in [1.54, 1.807) is 0 Å². The van der Waals surface area contributed by atoms with Crippen molar-refractivity contribution >= 4 is 10.9 Å². The summed E-state index contributed by atoms with van der Waals surface area (Å²) in [4.78, 5) is 20.3. The number of fused-ring (bicyclic) bond motifs is 1. The van der Waals surface area contributed by atoms with Gasteiger partial charge in [0.1, 0.15) is 11.5 Å². The standard InChI is InChI=1S/C33H29N5/c1-23-10-8-16-30(35-23)33-32(26-17-18-29-25(20-26)14-9-19-34-29)36-31(37-33)22-38(2)21-27-13-6-7-15-28(27)24-11-4-3-5-12-24/h3-20H,21-22H2,1-2H3,(H,36,37). The second-order valence-electron chi connectivity index (χ2n) is 9.68. The molecule has 3 heterocycles. The molecule has 6 aromatic rings. The van der Waals surface area contributed by atoms with E-state index in [0.717, 1.165) is 51.6 Å². The summed E-state index contributed by atoms with van der Waals surface area (Å²) in [5, 5.41) is 1.10. The molecule has 0 fully saturated rings. The fourth-order valence-corrected chi connectivity index (χ4v) is 4.96. The summed E-state index contributed by atoms with van der Waals surface area (Å²) in [7, 11) is 2.14. The number of hydrogen-bond acceptors (Lipinski definition) is 4. The fraction of sp³-hybridized carbons (Fsp3) is 0.121. The molecule has 0 unspecified atom stereocenters. The van der Waals surface area contributed by atoms with E-state index >= 15 is 0 Å². The van der Waals surface area contributed by atoms with Crippen molar-refractivity contribution in [2.45, 2.75) is 20.0 Å². The normalized spacial score (nSPS) is 11.3. The molecule has 3 aromatic heterocycles. The van der Waals surface area contributed by atoms with Crippen LogP contribution in [0.4, 0.5) is 0 Å². The Morgan fingerprint density at radius 1 is 0.737 bits per heavy atom. The van der Waals surface area contributed by atoms with E-state index in [1.807, 2.05) is 37.4 Å². The second kappa shape index (κ2) is 10.4. The van der Waals surface area contributed by atoms with Gasteiger partial charge in [0.15, 0.2) is 0 Å². The molecule has 0 spiro atoms. The van der Waals surface area contributed by atoms with Crippen molar-refractivity contribution in [3.63, 3.8) is 0 Å². The maximum atomic E-state index is 5.06. The Bertz CT molecular complexity index is 1700. The third-order valence-electron chi connectivity index (χ3n) is 6.74. The predicted octanol–water partition coefficient (Wildman–Crippen LogP) is 7.29. The summed E-state index contributed by atoms with van der Waals surface area (Å²) < 4.78 is 0. The highest BCUT2D eigenvalue weighted by Gasteiger charge is 2.17. The Morgan fingerprint density at radius 2 is 1.58 bits per heavy atom. The molecule has 0 amide bonds. The first kappa shape index (κ1) is 23.8. The highest BCUT2D eigenvalue weighted by molar-refractivity contribution is 5.86. The second-order valence-corrected chi connectivity index (χ2v) is 9.68. The van der Waals surface area contributed by atoms with Crippen molar-refractivity contribution in [2.24, 2.45) is 0 Å². The number of imidazole rings is 1. The lowest BCUT2D eigenvalue weighted by Gasteiger charge is -2.18. The average molecular weight is 496 g/mol. The van der Waals surface area contributed by atoms with Gasteiger partial charge in [0, 0.05) is 29.4 Å². The van der Waals surface area contributed by atoms with Gasteiger partial charge in [-0.05, 0) is 61.0 Å². The minimum atomic E-state index is 0.678. The Labute approximate surface area is 222 Å². The molecule has 0 atom stereocenters. The number of rotatable bonds is 7. The number of H-pyrrole nitrogens is 1. The average Bonchev–Trinajstić information content (AvgIpc) is 3.37. The topological polar surface area (TPSA) is 57.7 Å². The van der Waals surface area contributed by atoms with Crippen LogP contribution in [0.1, 0.15) is 17.1 Å². The van der Waals surface area contributed by atoms with Gasteiger partial charge in [0.25, 0.3) is 0 Å². The van der Waals surface area contributed by atoms with E-state index in [0.29, 0.717) is 6.54 Å². The number of nitrogens with zero attached hydrogens (tertiary/aromatic N) is 4. The highest BCUT2D eigenvalue weighted by atomic mass is 15.1. The summed E-state index contributed by atoms with van der Waals surface area (Å²) in [6.45, 7) is 3.49. The molecular formula is C33H29N5. The first-order valence-corrected chi connectivity index (χ1v) is 12.8. The Hall–Kier alpha value is -4.61. The Balaban J connectivity index is 1.33. The van der Waals surface area contributed by atoms with Gasteiger partial charge < -0.3 is 4.98 Å². The molecule has 186 valence electrons. The molecule has 6 rings (SSSR count).